The number of hydrogen-bond donors (Lipinski definition) is 0. The lowest BCUT2D eigenvalue weighted by atomic mass is 10.1. The van der Waals surface area contributed by atoms with Gasteiger partial charge in [0, 0.05) is 17.6 Å². The van der Waals surface area contributed by atoms with Crippen LogP contribution in [0.4, 0.5) is 0 Å². The van der Waals surface area contributed by atoms with E-state index in [4.69, 9.17) is 0 Å². The minimum absolute atomic E-state index is 0.0108. The summed E-state index contributed by atoms with van der Waals surface area (Å²) in [6, 6.07) is 8.12. The zero-order valence-electron chi connectivity index (χ0n) is 8.83. The first kappa shape index (κ1) is 12.1. The Bertz CT molecular complexity index is 377. The Morgan fingerprint density at radius 1 is 1.31 bits per heavy atom. The molecule has 1 amide bonds. The Kier molecular flexibility index (Phi) is 4.03. The molecule has 86 valence electrons. The highest BCUT2D eigenvalue weighted by Gasteiger charge is 2.26. The zero-order chi connectivity index (χ0) is 11.5. The molecule has 1 aromatic carbocycles. The second kappa shape index (κ2) is 5.32. The van der Waals surface area contributed by atoms with Crippen molar-refractivity contribution in [2.75, 3.05) is 6.54 Å². The summed E-state index contributed by atoms with van der Waals surface area (Å²) < 4.78 is 1.07. The molecule has 0 aromatic heterocycles. The number of carbonyl (C=O) groups excluding carboxylic acids is 1. The number of piperidine rings is 1. The van der Waals surface area contributed by atoms with Gasteiger partial charge in [0.1, 0.15) is 0 Å². The molecule has 1 unspecified atom stereocenters. The summed E-state index contributed by atoms with van der Waals surface area (Å²) in [5.74, 6) is 0.217. The number of likely N-dealkylation sites (tertiary alicyclic amines) is 1. The van der Waals surface area contributed by atoms with Crippen molar-refractivity contribution in [2.24, 2.45) is 0 Å². The summed E-state index contributed by atoms with van der Waals surface area (Å²) in [4.78, 5) is 13.8. The summed E-state index contributed by atoms with van der Waals surface area (Å²) in [5, 5.41) is 0. The molecule has 1 atom stereocenters. The Morgan fingerprint density at radius 2 is 2.00 bits per heavy atom. The molecule has 1 aliphatic heterocycles. The van der Waals surface area contributed by atoms with Gasteiger partial charge in [-0.05, 0) is 30.5 Å². The van der Waals surface area contributed by atoms with Gasteiger partial charge in [0.05, 0.1) is 4.83 Å². The van der Waals surface area contributed by atoms with E-state index in [9.17, 15) is 4.79 Å². The zero-order valence-corrected chi connectivity index (χ0v) is 12.0. The van der Waals surface area contributed by atoms with E-state index >= 15 is 0 Å². The van der Waals surface area contributed by atoms with Gasteiger partial charge in [0.2, 0.25) is 5.91 Å². The predicted molar refractivity (Wildman–Crippen MR) is 71.5 cm³/mol. The first-order valence-electron chi connectivity index (χ1n) is 5.34. The van der Waals surface area contributed by atoms with Gasteiger partial charge in [-0.2, -0.15) is 0 Å². The van der Waals surface area contributed by atoms with Crippen LogP contribution < -0.4 is 0 Å². The quantitative estimate of drug-likeness (QED) is 0.752. The summed E-state index contributed by atoms with van der Waals surface area (Å²) >= 11 is 6.82. The van der Waals surface area contributed by atoms with E-state index in [1.165, 1.54) is 5.56 Å². The number of halogens is 2. The molecule has 0 aliphatic carbocycles. The molecule has 1 saturated heterocycles. The van der Waals surface area contributed by atoms with Crippen LogP contribution >= 0.6 is 31.9 Å². The molecule has 1 fully saturated rings. The fourth-order valence-corrected chi connectivity index (χ4v) is 2.74. The van der Waals surface area contributed by atoms with Crippen LogP contribution in [0.1, 0.15) is 18.4 Å². The molecular formula is C12H13Br2NO. The van der Waals surface area contributed by atoms with E-state index < -0.39 is 0 Å². The van der Waals surface area contributed by atoms with E-state index in [1.807, 2.05) is 17.0 Å². The maximum Gasteiger partial charge on any atom is 0.236 e. The summed E-state index contributed by atoms with van der Waals surface area (Å²) in [6.45, 7) is 1.59. The highest BCUT2D eigenvalue weighted by molar-refractivity contribution is 9.10. The molecule has 4 heteroatoms. The van der Waals surface area contributed by atoms with Gasteiger partial charge in [-0.3, -0.25) is 4.79 Å². The van der Waals surface area contributed by atoms with Crippen molar-refractivity contribution in [1.82, 2.24) is 4.90 Å². The third kappa shape index (κ3) is 2.86. The third-order valence-electron chi connectivity index (χ3n) is 2.75. The molecule has 0 bridgehead atoms. The maximum atomic E-state index is 11.9. The SMILES string of the molecule is O=C1C(Br)CCCN1Cc1ccc(Br)cc1. The Morgan fingerprint density at radius 3 is 2.69 bits per heavy atom. The highest BCUT2D eigenvalue weighted by atomic mass is 79.9. The lowest BCUT2D eigenvalue weighted by Crippen LogP contribution is -2.41. The first-order chi connectivity index (χ1) is 7.66. The minimum Gasteiger partial charge on any atom is -0.337 e. The predicted octanol–water partition coefficient (Wildman–Crippen LogP) is 3.34. The number of alkyl halides is 1. The van der Waals surface area contributed by atoms with Crippen molar-refractivity contribution in [1.29, 1.82) is 0 Å². The lowest BCUT2D eigenvalue weighted by Gasteiger charge is -2.29. The van der Waals surface area contributed by atoms with Crippen LogP contribution in [-0.4, -0.2) is 22.2 Å². The fraction of sp³-hybridized carbons (Fsp3) is 0.417. The first-order valence-corrected chi connectivity index (χ1v) is 7.05. The molecule has 0 radical (unpaired) electrons. The minimum atomic E-state index is 0.0108. The van der Waals surface area contributed by atoms with Gasteiger partial charge in [-0.15, -0.1) is 0 Å². The summed E-state index contributed by atoms with van der Waals surface area (Å²) in [7, 11) is 0. The van der Waals surface area contributed by atoms with E-state index in [0.29, 0.717) is 6.54 Å². The molecule has 0 N–H and O–H groups in total. The van der Waals surface area contributed by atoms with Crippen molar-refractivity contribution >= 4 is 37.8 Å². The second-order valence-electron chi connectivity index (χ2n) is 4.00. The topological polar surface area (TPSA) is 20.3 Å². The van der Waals surface area contributed by atoms with Crippen molar-refractivity contribution < 1.29 is 4.79 Å². The fourth-order valence-electron chi connectivity index (χ4n) is 1.86. The Balaban J connectivity index is 2.03. The molecule has 2 nitrogen and oxygen atoms in total. The largest absolute Gasteiger partial charge is 0.337 e. The average molecular weight is 347 g/mol. The van der Waals surface area contributed by atoms with Crippen LogP contribution in [0.5, 0.6) is 0 Å². The van der Waals surface area contributed by atoms with E-state index in [2.05, 4.69) is 44.0 Å². The van der Waals surface area contributed by atoms with Crippen LogP contribution in [0, 0.1) is 0 Å². The summed E-state index contributed by atoms with van der Waals surface area (Å²) in [5.41, 5.74) is 1.18. The molecule has 1 aliphatic rings. The Labute approximate surface area is 112 Å². The van der Waals surface area contributed by atoms with Gasteiger partial charge >= 0.3 is 0 Å². The maximum absolute atomic E-state index is 11.9. The Hall–Kier alpha value is -0.350. The third-order valence-corrected chi connectivity index (χ3v) is 4.13. The molecule has 0 saturated carbocycles. The normalized spacial score (nSPS) is 21.2. The molecule has 1 aromatic rings. The van der Waals surface area contributed by atoms with Crippen LogP contribution in [-0.2, 0) is 11.3 Å². The van der Waals surface area contributed by atoms with Gasteiger partial charge in [-0.1, -0.05) is 44.0 Å². The monoisotopic (exact) mass is 345 g/mol. The van der Waals surface area contributed by atoms with E-state index in [1.54, 1.807) is 0 Å². The smallest absolute Gasteiger partial charge is 0.236 e. The molecule has 2 rings (SSSR count). The number of hydrogen-bond acceptors (Lipinski definition) is 1. The van der Waals surface area contributed by atoms with Crippen molar-refractivity contribution in [3.8, 4) is 0 Å². The summed E-state index contributed by atoms with van der Waals surface area (Å²) in [6.07, 6.45) is 2.04. The van der Waals surface area contributed by atoms with Gasteiger partial charge in [0.15, 0.2) is 0 Å². The van der Waals surface area contributed by atoms with E-state index in [0.717, 1.165) is 23.9 Å². The molecular weight excluding hydrogens is 334 g/mol. The van der Waals surface area contributed by atoms with Gasteiger partial charge in [0.25, 0.3) is 0 Å². The van der Waals surface area contributed by atoms with Crippen LogP contribution in [0.15, 0.2) is 28.7 Å². The number of benzene rings is 1. The highest BCUT2D eigenvalue weighted by Crippen LogP contribution is 2.20. The molecule has 16 heavy (non-hydrogen) atoms. The van der Waals surface area contributed by atoms with Gasteiger partial charge in [-0.25, -0.2) is 0 Å². The van der Waals surface area contributed by atoms with Crippen LogP contribution in [0.25, 0.3) is 0 Å². The van der Waals surface area contributed by atoms with Crippen LogP contribution in [0.3, 0.4) is 0 Å². The standard InChI is InChI=1S/C12H13Br2NO/c13-10-5-3-9(4-6-10)8-15-7-1-2-11(14)12(15)16/h3-6,11H,1-2,7-8H2. The van der Waals surface area contributed by atoms with E-state index in [-0.39, 0.29) is 10.7 Å². The lowest BCUT2D eigenvalue weighted by molar-refractivity contribution is -0.133. The van der Waals surface area contributed by atoms with Crippen LogP contribution in [0.2, 0.25) is 0 Å². The number of rotatable bonds is 2. The number of amides is 1. The van der Waals surface area contributed by atoms with Crippen molar-refractivity contribution in [3.63, 3.8) is 0 Å². The average Bonchev–Trinajstić information content (AvgIpc) is 2.28. The van der Waals surface area contributed by atoms with Gasteiger partial charge < -0.3 is 4.90 Å². The van der Waals surface area contributed by atoms with Crippen molar-refractivity contribution in [2.45, 2.75) is 24.2 Å². The molecule has 0 spiro atoms. The molecule has 1 heterocycles. The number of carbonyl (C=O) groups is 1. The number of nitrogens with zero attached hydrogens (tertiary/aromatic N) is 1. The van der Waals surface area contributed by atoms with Crippen molar-refractivity contribution in [3.05, 3.63) is 34.3 Å². The second-order valence-corrected chi connectivity index (χ2v) is 6.02.